The third-order valence-electron chi connectivity index (χ3n) is 4.59. The van der Waals surface area contributed by atoms with Crippen LogP contribution in [0.5, 0.6) is 0 Å². The van der Waals surface area contributed by atoms with Crippen molar-refractivity contribution in [3.63, 3.8) is 0 Å². The number of guanidine groups is 1. The maximum Gasteiger partial charge on any atom is 0.263 e. The molecular weight excluding hydrogens is 382 g/mol. The Hall–Kier alpha value is -1.48. The number of nitrogens with one attached hydrogen (secondary N) is 3. The van der Waals surface area contributed by atoms with Crippen molar-refractivity contribution in [2.75, 3.05) is 25.4 Å². The fourth-order valence-electron chi connectivity index (χ4n) is 3.20. The Bertz CT molecular complexity index is 662. The van der Waals surface area contributed by atoms with Gasteiger partial charge in [0.05, 0.1) is 17.7 Å². The molecule has 2 rings (SSSR count). The third kappa shape index (κ3) is 6.88. The van der Waals surface area contributed by atoms with Crippen LogP contribution in [0.2, 0.25) is 0 Å². The zero-order valence-corrected chi connectivity index (χ0v) is 18.0. The average Bonchev–Trinajstić information content (AvgIpc) is 3.10. The average molecular weight is 414 g/mol. The number of hydrogen-bond donors (Lipinski definition) is 3. The minimum absolute atomic E-state index is 0.0969. The molecule has 1 aromatic rings. The maximum atomic E-state index is 12.1. The molecule has 0 radical (unpaired) electrons. The fourth-order valence-corrected chi connectivity index (χ4v) is 5.27. The van der Waals surface area contributed by atoms with Crippen molar-refractivity contribution in [3.05, 3.63) is 16.1 Å². The Balaban J connectivity index is 1.82. The van der Waals surface area contributed by atoms with Crippen molar-refractivity contribution >= 4 is 34.0 Å². The van der Waals surface area contributed by atoms with Crippen LogP contribution >= 0.6 is 11.3 Å². The standard InChI is InChI=1S/C18H31N5O2S2/c1-4-19-18(23-14-7-6-8-15(11-14)27(25)5-2)21-10-9-20-17(24)16-13(3)22-12-26-16/h12,14-15H,4-11H2,1-3H3,(H,20,24)(H2,19,21,23). The first-order chi connectivity index (χ1) is 13.0. The van der Waals surface area contributed by atoms with E-state index in [4.69, 9.17) is 0 Å². The number of amides is 1. The molecule has 1 aromatic heterocycles. The van der Waals surface area contributed by atoms with Crippen molar-refractivity contribution in [3.8, 4) is 0 Å². The summed E-state index contributed by atoms with van der Waals surface area (Å²) >= 11 is 1.35. The van der Waals surface area contributed by atoms with Crippen LogP contribution in [0.4, 0.5) is 0 Å². The summed E-state index contributed by atoms with van der Waals surface area (Å²) in [7, 11) is -0.733. The normalized spacial score (nSPS) is 21.5. The summed E-state index contributed by atoms with van der Waals surface area (Å²) in [6, 6.07) is 0.298. The Morgan fingerprint density at radius 1 is 1.37 bits per heavy atom. The number of nitrogens with zero attached hydrogens (tertiary/aromatic N) is 2. The molecule has 9 heteroatoms. The van der Waals surface area contributed by atoms with Crippen LogP contribution in [-0.4, -0.2) is 57.7 Å². The number of aryl methyl sites for hydroxylation is 1. The van der Waals surface area contributed by atoms with Gasteiger partial charge in [-0.25, -0.2) is 4.98 Å². The van der Waals surface area contributed by atoms with E-state index < -0.39 is 10.8 Å². The molecular formula is C18H31N5O2S2. The summed E-state index contributed by atoms with van der Waals surface area (Å²) < 4.78 is 12.1. The number of hydrogen-bond acceptors (Lipinski definition) is 5. The lowest BCUT2D eigenvalue weighted by atomic mass is 9.95. The maximum absolute atomic E-state index is 12.1. The van der Waals surface area contributed by atoms with Crippen molar-refractivity contribution in [1.29, 1.82) is 0 Å². The predicted molar refractivity (Wildman–Crippen MR) is 113 cm³/mol. The Morgan fingerprint density at radius 2 is 2.19 bits per heavy atom. The van der Waals surface area contributed by atoms with Crippen molar-refractivity contribution in [2.24, 2.45) is 4.99 Å². The van der Waals surface area contributed by atoms with Gasteiger partial charge in [-0.2, -0.15) is 0 Å². The number of rotatable bonds is 8. The molecule has 3 unspecified atom stereocenters. The molecule has 152 valence electrons. The van der Waals surface area contributed by atoms with E-state index in [1.54, 1.807) is 5.51 Å². The van der Waals surface area contributed by atoms with E-state index in [1.165, 1.54) is 11.3 Å². The monoisotopic (exact) mass is 413 g/mol. The molecule has 1 fully saturated rings. The summed E-state index contributed by atoms with van der Waals surface area (Å²) in [5, 5.41) is 9.90. The first kappa shape index (κ1) is 21.8. The van der Waals surface area contributed by atoms with Gasteiger partial charge in [-0.05, 0) is 33.1 Å². The van der Waals surface area contributed by atoms with Gasteiger partial charge in [-0.15, -0.1) is 11.3 Å². The van der Waals surface area contributed by atoms with Gasteiger partial charge >= 0.3 is 0 Å². The van der Waals surface area contributed by atoms with Gasteiger partial charge in [0.1, 0.15) is 4.88 Å². The van der Waals surface area contributed by atoms with E-state index in [9.17, 15) is 9.00 Å². The molecule has 0 aromatic carbocycles. The highest BCUT2D eigenvalue weighted by molar-refractivity contribution is 7.85. The van der Waals surface area contributed by atoms with Crippen LogP contribution in [0.15, 0.2) is 10.5 Å². The first-order valence-electron chi connectivity index (χ1n) is 9.65. The lowest BCUT2D eigenvalue weighted by molar-refractivity contribution is 0.0958. The van der Waals surface area contributed by atoms with Crippen molar-refractivity contribution in [1.82, 2.24) is 20.9 Å². The Kier molecular flexibility index (Phi) is 9.20. The molecule has 27 heavy (non-hydrogen) atoms. The number of aromatic nitrogens is 1. The smallest absolute Gasteiger partial charge is 0.263 e. The van der Waals surface area contributed by atoms with Gasteiger partial charge in [0.25, 0.3) is 5.91 Å². The van der Waals surface area contributed by atoms with Gasteiger partial charge < -0.3 is 16.0 Å². The highest BCUT2D eigenvalue weighted by Gasteiger charge is 2.26. The molecule has 1 heterocycles. The van der Waals surface area contributed by atoms with Crippen LogP contribution < -0.4 is 16.0 Å². The van der Waals surface area contributed by atoms with Gasteiger partial charge in [0.15, 0.2) is 5.96 Å². The van der Waals surface area contributed by atoms with Gasteiger partial charge in [0.2, 0.25) is 0 Å². The van der Waals surface area contributed by atoms with Crippen molar-refractivity contribution in [2.45, 2.75) is 57.7 Å². The quantitative estimate of drug-likeness (QED) is 0.343. The highest BCUT2D eigenvalue weighted by Crippen LogP contribution is 2.22. The van der Waals surface area contributed by atoms with Crippen LogP contribution in [0, 0.1) is 6.92 Å². The number of carbonyl (C=O) groups excluding carboxylic acids is 1. The molecule has 0 spiro atoms. The van der Waals surface area contributed by atoms with Crippen LogP contribution in [-0.2, 0) is 10.8 Å². The predicted octanol–water partition coefficient (Wildman–Crippen LogP) is 1.82. The second kappa shape index (κ2) is 11.4. The van der Waals surface area contributed by atoms with Crippen molar-refractivity contribution < 1.29 is 9.00 Å². The number of aliphatic imine (C=N–C) groups is 1. The molecule has 3 atom stereocenters. The topological polar surface area (TPSA) is 95.5 Å². The lowest BCUT2D eigenvalue weighted by Gasteiger charge is -2.30. The third-order valence-corrected chi connectivity index (χ3v) is 7.25. The zero-order chi connectivity index (χ0) is 19.6. The second-order valence-electron chi connectivity index (χ2n) is 6.58. The first-order valence-corrected chi connectivity index (χ1v) is 11.9. The second-order valence-corrected chi connectivity index (χ2v) is 9.44. The van der Waals surface area contributed by atoms with E-state index in [0.717, 1.165) is 49.6 Å². The van der Waals surface area contributed by atoms with Crippen LogP contribution in [0.1, 0.15) is 54.9 Å². The minimum Gasteiger partial charge on any atom is -0.357 e. The molecule has 3 N–H and O–H groups in total. The van der Waals surface area contributed by atoms with Crippen LogP contribution in [0.3, 0.4) is 0 Å². The van der Waals surface area contributed by atoms with E-state index in [-0.39, 0.29) is 11.2 Å². The van der Waals surface area contributed by atoms with Gasteiger partial charge in [-0.1, -0.05) is 13.3 Å². The fraction of sp³-hybridized carbons (Fsp3) is 0.722. The van der Waals surface area contributed by atoms with Gasteiger partial charge in [-0.3, -0.25) is 14.0 Å². The molecule has 1 saturated carbocycles. The molecule has 1 aliphatic carbocycles. The van der Waals surface area contributed by atoms with E-state index >= 15 is 0 Å². The Labute approximate surface area is 168 Å². The van der Waals surface area contributed by atoms with E-state index in [0.29, 0.717) is 24.0 Å². The molecule has 1 aliphatic rings. The number of thiazole rings is 1. The summed E-state index contributed by atoms with van der Waals surface area (Å²) in [6.07, 6.45) is 4.14. The highest BCUT2D eigenvalue weighted by atomic mass is 32.2. The summed E-state index contributed by atoms with van der Waals surface area (Å²) in [6.45, 7) is 7.59. The summed E-state index contributed by atoms with van der Waals surface area (Å²) in [5.41, 5.74) is 2.44. The van der Waals surface area contributed by atoms with E-state index in [1.807, 2.05) is 20.8 Å². The molecule has 0 bridgehead atoms. The minimum atomic E-state index is -0.733. The molecule has 7 nitrogen and oxygen atoms in total. The molecule has 0 aliphatic heterocycles. The summed E-state index contributed by atoms with van der Waals surface area (Å²) in [4.78, 5) is 21.4. The Morgan fingerprint density at radius 3 is 2.85 bits per heavy atom. The lowest BCUT2D eigenvalue weighted by Crippen LogP contribution is -2.47. The largest absolute Gasteiger partial charge is 0.357 e. The summed E-state index contributed by atoms with van der Waals surface area (Å²) in [5.74, 6) is 1.39. The van der Waals surface area contributed by atoms with Crippen LogP contribution in [0.25, 0.3) is 0 Å². The SMILES string of the molecule is CCNC(=NCCNC(=O)c1scnc1C)NC1CCCC(S(=O)CC)C1. The number of carbonyl (C=O) groups is 1. The molecule has 1 amide bonds. The molecule has 0 saturated heterocycles. The zero-order valence-electron chi connectivity index (χ0n) is 16.4. The van der Waals surface area contributed by atoms with E-state index in [2.05, 4.69) is 25.9 Å². The van der Waals surface area contributed by atoms with Gasteiger partial charge in [0, 0.05) is 40.9 Å².